The van der Waals surface area contributed by atoms with Crippen molar-refractivity contribution in [3.05, 3.63) is 59.7 Å². The van der Waals surface area contributed by atoms with E-state index >= 15 is 0 Å². The summed E-state index contributed by atoms with van der Waals surface area (Å²) in [5.74, 6) is 0.274. The van der Waals surface area contributed by atoms with Gasteiger partial charge in [0.25, 0.3) is 11.8 Å². The molecule has 0 bridgehead atoms. The standard InChI is InChI=1S/C22H25N5O2/c1-22(10-11-22)27-20(29)16-4-2-5-18(14-16)25-17-8-6-15(7-9-17)19(28)26-21-23-12-3-13-24-21/h2,4-9,14,25H,3,10-13H2,1H3,(H,27,29)(H2,23,24,26,28). The zero-order valence-electron chi connectivity index (χ0n) is 16.4. The van der Waals surface area contributed by atoms with Crippen LogP contribution in [0.3, 0.4) is 0 Å². The number of guanidine groups is 1. The number of hydrogen-bond acceptors (Lipinski definition) is 5. The highest BCUT2D eigenvalue weighted by atomic mass is 16.2. The summed E-state index contributed by atoms with van der Waals surface area (Å²) >= 11 is 0. The first-order valence-corrected chi connectivity index (χ1v) is 9.90. The topological polar surface area (TPSA) is 94.6 Å². The molecule has 1 aliphatic carbocycles. The Balaban J connectivity index is 1.38. The molecule has 0 aromatic heterocycles. The fourth-order valence-electron chi connectivity index (χ4n) is 3.06. The number of carbonyl (C=O) groups excluding carboxylic acids is 2. The molecule has 150 valence electrons. The minimum Gasteiger partial charge on any atom is -0.356 e. The molecular formula is C22H25N5O2. The second-order valence-electron chi connectivity index (χ2n) is 7.76. The quantitative estimate of drug-likeness (QED) is 0.630. The number of nitrogens with zero attached hydrogens (tertiary/aromatic N) is 1. The average molecular weight is 391 g/mol. The van der Waals surface area contributed by atoms with Crippen LogP contribution in [0.2, 0.25) is 0 Å². The summed E-state index contributed by atoms with van der Waals surface area (Å²) in [7, 11) is 0. The van der Waals surface area contributed by atoms with Crippen LogP contribution in [0, 0.1) is 0 Å². The van der Waals surface area contributed by atoms with Crippen LogP contribution < -0.4 is 21.3 Å². The number of nitrogens with one attached hydrogen (secondary N) is 4. The first-order chi connectivity index (χ1) is 14.0. The number of amides is 2. The van der Waals surface area contributed by atoms with E-state index in [0.717, 1.165) is 43.7 Å². The van der Waals surface area contributed by atoms with Crippen molar-refractivity contribution in [3.63, 3.8) is 0 Å². The summed E-state index contributed by atoms with van der Waals surface area (Å²) in [6.45, 7) is 3.60. The molecule has 0 radical (unpaired) electrons. The van der Waals surface area contributed by atoms with Crippen molar-refractivity contribution in [1.29, 1.82) is 0 Å². The first kappa shape index (κ1) is 19.0. The third-order valence-corrected chi connectivity index (χ3v) is 5.11. The van der Waals surface area contributed by atoms with E-state index in [4.69, 9.17) is 0 Å². The van der Waals surface area contributed by atoms with Crippen LogP contribution in [-0.4, -0.2) is 36.4 Å². The van der Waals surface area contributed by atoms with Gasteiger partial charge in [-0.2, -0.15) is 0 Å². The molecule has 4 rings (SSSR count). The van der Waals surface area contributed by atoms with Gasteiger partial charge in [-0.1, -0.05) is 6.07 Å². The maximum atomic E-state index is 12.4. The van der Waals surface area contributed by atoms with Crippen molar-refractivity contribution in [2.45, 2.75) is 31.7 Å². The van der Waals surface area contributed by atoms with Gasteiger partial charge in [-0.25, -0.2) is 0 Å². The number of benzene rings is 2. The lowest BCUT2D eigenvalue weighted by molar-refractivity contribution is 0.0933. The predicted octanol–water partition coefficient (Wildman–Crippen LogP) is 2.79. The van der Waals surface area contributed by atoms with Crippen LogP contribution in [0.4, 0.5) is 11.4 Å². The van der Waals surface area contributed by atoms with Crippen LogP contribution in [0.25, 0.3) is 0 Å². The molecule has 0 atom stereocenters. The average Bonchev–Trinajstić information content (AvgIpc) is 3.46. The SMILES string of the molecule is CC1(NC(=O)c2cccc(Nc3ccc(C(=O)NC4=NCCCN4)cc3)c2)CC1. The van der Waals surface area contributed by atoms with E-state index in [-0.39, 0.29) is 17.4 Å². The summed E-state index contributed by atoms with van der Waals surface area (Å²) < 4.78 is 0. The fraction of sp³-hybridized carbons (Fsp3) is 0.318. The third kappa shape index (κ3) is 4.93. The van der Waals surface area contributed by atoms with Crippen LogP contribution in [-0.2, 0) is 0 Å². The molecule has 7 nitrogen and oxygen atoms in total. The molecule has 2 aromatic rings. The maximum Gasteiger partial charge on any atom is 0.257 e. The van der Waals surface area contributed by atoms with E-state index in [2.05, 4.69) is 33.2 Å². The summed E-state index contributed by atoms with van der Waals surface area (Å²) in [5.41, 5.74) is 2.78. The van der Waals surface area contributed by atoms with E-state index in [9.17, 15) is 9.59 Å². The summed E-state index contributed by atoms with van der Waals surface area (Å²) in [6.07, 6.45) is 3.03. The van der Waals surface area contributed by atoms with Gasteiger partial charge in [0.2, 0.25) is 0 Å². The number of rotatable bonds is 5. The minimum atomic E-state index is -0.197. The summed E-state index contributed by atoms with van der Waals surface area (Å²) in [5, 5.41) is 12.2. The molecule has 4 N–H and O–H groups in total. The maximum absolute atomic E-state index is 12.4. The molecule has 0 saturated heterocycles. The Bertz CT molecular complexity index is 948. The molecule has 2 aliphatic rings. The largest absolute Gasteiger partial charge is 0.356 e. The predicted molar refractivity (Wildman–Crippen MR) is 114 cm³/mol. The number of carbonyl (C=O) groups is 2. The molecule has 0 spiro atoms. The van der Waals surface area contributed by atoms with Crippen molar-refractivity contribution in [1.82, 2.24) is 16.0 Å². The Labute approximate surface area is 170 Å². The molecule has 2 amide bonds. The highest BCUT2D eigenvalue weighted by molar-refractivity contribution is 6.06. The van der Waals surface area contributed by atoms with Crippen LogP contribution in [0.15, 0.2) is 53.5 Å². The van der Waals surface area contributed by atoms with Gasteiger partial charge in [0.1, 0.15) is 0 Å². The summed E-state index contributed by atoms with van der Waals surface area (Å²) in [4.78, 5) is 29.0. The third-order valence-electron chi connectivity index (χ3n) is 5.11. The van der Waals surface area contributed by atoms with Gasteiger partial charge in [-0.15, -0.1) is 0 Å². The Kier molecular flexibility index (Phi) is 5.20. The van der Waals surface area contributed by atoms with Crippen molar-refractivity contribution >= 4 is 29.1 Å². The highest BCUT2D eigenvalue weighted by Crippen LogP contribution is 2.34. The molecular weight excluding hydrogens is 366 g/mol. The van der Waals surface area contributed by atoms with Gasteiger partial charge < -0.3 is 16.0 Å². The van der Waals surface area contributed by atoms with Crippen LogP contribution in [0.1, 0.15) is 46.9 Å². The van der Waals surface area contributed by atoms with Gasteiger partial charge in [0, 0.05) is 41.1 Å². The van der Waals surface area contributed by atoms with E-state index in [1.807, 2.05) is 36.4 Å². The smallest absolute Gasteiger partial charge is 0.257 e. The lowest BCUT2D eigenvalue weighted by atomic mass is 10.1. The Morgan fingerprint density at radius 1 is 1.00 bits per heavy atom. The highest BCUT2D eigenvalue weighted by Gasteiger charge is 2.38. The molecule has 1 fully saturated rings. The van der Waals surface area contributed by atoms with Gasteiger partial charge in [0.15, 0.2) is 5.96 Å². The van der Waals surface area contributed by atoms with Crippen molar-refractivity contribution < 1.29 is 9.59 Å². The zero-order valence-corrected chi connectivity index (χ0v) is 16.4. The number of hydrogen-bond donors (Lipinski definition) is 4. The van der Waals surface area contributed by atoms with Gasteiger partial charge >= 0.3 is 0 Å². The number of anilines is 2. The normalized spacial score (nSPS) is 16.8. The Hall–Kier alpha value is -3.35. The molecule has 0 unspecified atom stereocenters. The lowest BCUT2D eigenvalue weighted by Crippen LogP contribution is -2.43. The zero-order chi connectivity index (χ0) is 20.3. The Morgan fingerprint density at radius 2 is 1.79 bits per heavy atom. The van der Waals surface area contributed by atoms with Crippen molar-refractivity contribution in [3.8, 4) is 0 Å². The van der Waals surface area contributed by atoms with Gasteiger partial charge in [0.05, 0.1) is 0 Å². The Morgan fingerprint density at radius 3 is 2.48 bits per heavy atom. The summed E-state index contributed by atoms with van der Waals surface area (Å²) in [6, 6.07) is 14.6. The second kappa shape index (κ2) is 7.95. The molecule has 7 heteroatoms. The van der Waals surface area contributed by atoms with Crippen LogP contribution >= 0.6 is 0 Å². The fourth-order valence-corrected chi connectivity index (χ4v) is 3.06. The van der Waals surface area contributed by atoms with Crippen molar-refractivity contribution in [2.75, 3.05) is 18.4 Å². The van der Waals surface area contributed by atoms with Gasteiger partial charge in [-0.05, 0) is 68.7 Å². The monoisotopic (exact) mass is 391 g/mol. The van der Waals surface area contributed by atoms with E-state index in [1.165, 1.54) is 0 Å². The van der Waals surface area contributed by atoms with E-state index in [0.29, 0.717) is 17.1 Å². The second-order valence-corrected chi connectivity index (χ2v) is 7.76. The molecule has 1 aliphatic heterocycles. The van der Waals surface area contributed by atoms with Gasteiger partial charge in [-0.3, -0.25) is 19.9 Å². The van der Waals surface area contributed by atoms with Crippen molar-refractivity contribution in [2.24, 2.45) is 4.99 Å². The minimum absolute atomic E-state index is 0.0460. The molecule has 29 heavy (non-hydrogen) atoms. The lowest BCUT2D eigenvalue weighted by Gasteiger charge is -2.15. The van der Waals surface area contributed by atoms with E-state index < -0.39 is 0 Å². The molecule has 2 aromatic carbocycles. The molecule has 1 saturated carbocycles. The number of aliphatic imine (C=N–C) groups is 1. The molecule has 1 heterocycles. The van der Waals surface area contributed by atoms with Crippen LogP contribution in [0.5, 0.6) is 0 Å². The first-order valence-electron chi connectivity index (χ1n) is 9.90. The van der Waals surface area contributed by atoms with E-state index in [1.54, 1.807) is 12.1 Å².